The van der Waals surface area contributed by atoms with Crippen molar-refractivity contribution in [2.75, 3.05) is 30.4 Å². The van der Waals surface area contributed by atoms with Crippen LogP contribution in [0, 0.1) is 0 Å². The first-order chi connectivity index (χ1) is 13.8. The SMILES string of the molecule is COC(=O)c1ccc(NS(=O)(=O)c2cc(N3CCCC3=O)ccc2OC)c(O)c1. The predicted molar refractivity (Wildman–Crippen MR) is 105 cm³/mol. The summed E-state index contributed by atoms with van der Waals surface area (Å²) in [6.45, 7) is 0.508. The van der Waals surface area contributed by atoms with E-state index in [1.807, 2.05) is 0 Å². The third-order valence-electron chi connectivity index (χ3n) is 4.48. The molecule has 1 amide bonds. The number of carbonyl (C=O) groups is 2. The molecule has 0 unspecified atom stereocenters. The fourth-order valence-electron chi connectivity index (χ4n) is 3.03. The monoisotopic (exact) mass is 420 g/mol. The molecule has 29 heavy (non-hydrogen) atoms. The molecule has 9 nitrogen and oxygen atoms in total. The Morgan fingerprint density at radius 3 is 2.52 bits per heavy atom. The van der Waals surface area contributed by atoms with Gasteiger partial charge in [-0.05, 0) is 42.8 Å². The molecule has 1 aliphatic rings. The lowest BCUT2D eigenvalue weighted by Gasteiger charge is -2.19. The number of esters is 1. The van der Waals surface area contributed by atoms with Gasteiger partial charge in [-0.25, -0.2) is 13.2 Å². The highest BCUT2D eigenvalue weighted by atomic mass is 32.2. The second-order valence-corrected chi connectivity index (χ2v) is 7.96. The summed E-state index contributed by atoms with van der Waals surface area (Å²) in [5.74, 6) is -1.11. The number of hydrogen-bond donors (Lipinski definition) is 2. The predicted octanol–water partition coefficient (Wildman–Crippen LogP) is 2.12. The van der Waals surface area contributed by atoms with Crippen LogP contribution in [0.3, 0.4) is 0 Å². The van der Waals surface area contributed by atoms with Crippen LogP contribution in [0.5, 0.6) is 11.5 Å². The van der Waals surface area contributed by atoms with E-state index in [1.54, 1.807) is 6.07 Å². The molecule has 10 heteroatoms. The van der Waals surface area contributed by atoms with Crippen molar-refractivity contribution in [3.05, 3.63) is 42.0 Å². The zero-order valence-electron chi connectivity index (χ0n) is 15.8. The number of ether oxygens (including phenoxy) is 2. The van der Waals surface area contributed by atoms with Crippen molar-refractivity contribution in [1.82, 2.24) is 0 Å². The molecule has 0 aliphatic carbocycles. The third-order valence-corrected chi connectivity index (χ3v) is 5.87. The highest BCUT2D eigenvalue weighted by Crippen LogP contribution is 2.34. The Balaban J connectivity index is 1.96. The van der Waals surface area contributed by atoms with Gasteiger partial charge in [-0.15, -0.1) is 0 Å². The Kier molecular flexibility index (Phi) is 5.64. The van der Waals surface area contributed by atoms with Gasteiger partial charge in [0.05, 0.1) is 25.5 Å². The van der Waals surface area contributed by atoms with Gasteiger partial charge in [0.2, 0.25) is 5.91 Å². The van der Waals surface area contributed by atoms with Crippen molar-refractivity contribution in [2.24, 2.45) is 0 Å². The molecule has 1 fully saturated rings. The van der Waals surface area contributed by atoms with Gasteiger partial charge < -0.3 is 19.5 Å². The molecule has 0 spiro atoms. The zero-order chi connectivity index (χ0) is 21.2. The molecule has 154 valence electrons. The molecule has 0 aromatic heterocycles. The number of hydrogen-bond acceptors (Lipinski definition) is 7. The summed E-state index contributed by atoms with van der Waals surface area (Å²) in [5, 5.41) is 10.1. The van der Waals surface area contributed by atoms with E-state index < -0.39 is 21.7 Å². The van der Waals surface area contributed by atoms with Gasteiger partial charge in [-0.1, -0.05) is 0 Å². The van der Waals surface area contributed by atoms with Crippen LogP contribution in [0.1, 0.15) is 23.2 Å². The van der Waals surface area contributed by atoms with E-state index in [0.29, 0.717) is 25.1 Å². The summed E-state index contributed by atoms with van der Waals surface area (Å²) < 4.78 is 37.9. The van der Waals surface area contributed by atoms with Gasteiger partial charge in [0.25, 0.3) is 10.0 Å². The fraction of sp³-hybridized carbons (Fsp3) is 0.263. The smallest absolute Gasteiger partial charge is 0.337 e. The van der Waals surface area contributed by atoms with E-state index in [4.69, 9.17) is 4.74 Å². The summed E-state index contributed by atoms with van der Waals surface area (Å²) in [6.07, 6.45) is 1.11. The number of nitrogens with zero attached hydrogens (tertiary/aromatic N) is 1. The highest BCUT2D eigenvalue weighted by Gasteiger charge is 2.26. The Hall–Kier alpha value is -3.27. The lowest BCUT2D eigenvalue weighted by Crippen LogP contribution is -2.24. The molecular formula is C19H20N2O7S. The van der Waals surface area contributed by atoms with Crippen molar-refractivity contribution >= 4 is 33.3 Å². The van der Waals surface area contributed by atoms with E-state index in [1.165, 1.54) is 43.4 Å². The Morgan fingerprint density at radius 1 is 1.17 bits per heavy atom. The lowest BCUT2D eigenvalue weighted by atomic mass is 10.2. The second-order valence-electron chi connectivity index (χ2n) is 6.31. The molecule has 2 aromatic carbocycles. The summed E-state index contributed by atoms with van der Waals surface area (Å²) in [5.41, 5.74) is 0.390. The molecule has 0 atom stereocenters. The standard InChI is InChI=1S/C19H20N2O7S/c1-27-16-8-6-13(21-9-3-4-18(21)23)11-17(16)29(25,26)20-14-7-5-12(10-15(14)22)19(24)28-2/h5-8,10-11,20,22H,3-4,9H2,1-2H3. The maximum atomic E-state index is 13.0. The van der Waals surface area contributed by atoms with Crippen LogP contribution in [0.4, 0.5) is 11.4 Å². The minimum Gasteiger partial charge on any atom is -0.506 e. The van der Waals surface area contributed by atoms with Crippen molar-refractivity contribution in [3.63, 3.8) is 0 Å². The Morgan fingerprint density at radius 2 is 1.93 bits per heavy atom. The van der Waals surface area contributed by atoms with Crippen molar-refractivity contribution < 1.29 is 32.6 Å². The largest absolute Gasteiger partial charge is 0.506 e. The average Bonchev–Trinajstić information content (AvgIpc) is 3.14. The molecule has 0 radical (unpaired) electrons. The number of aromatic hydroxyl groups is 1. The summed E-state index contributed by atoms with van der Waals surface area (Å²) in [4.78, 5) is 24.9. The van der Waals surface area contributed by atoms with Crippen LogP contribution in [0.2, 0.25) is 0 Å². The number of amides is 1. The number of rotatable bonds is 6. The topological polar surface area (TPSA) is 122 Å². The van der Waals surface area contributed by atoms with E-state index in [2.05, 4.69) is 9.46 Å². The zero-order valence-corrected chi connectivity index (χ0v) is 16.7. The number of carbonyl (C=O) groups excluding carboxylic acids is 2. The van der Waals surface area contributed by atoms with Gasteiger partial charge in [0, 0.05) is 18.7 Å². The molecule has 0 saturated carbocycles. The van der Waals surface area contributed by atoms with E-state index in [-0.39, 0.29) is 27.8 Å². The van der Waals surface area contributed by atoms with Gasteiger partial charge >= 0.3 is 5.97 Å². The first-order valence-corrected chi connectivity index (χ1v) is 10.2. The van der Waals surface area contributed by atoms with Crippen molar-refractivity contribution in [2.45, 2.75) is 17.7 Å². The number of benzene rings is 2. The molecule has 1 saturated heterocycles. The maximum Gasteiger partial charge on any atom is 0.337 e. The quantitative estimate of drug-likeness (QED) is 0.542. The molecule has 0 bridgehead atoms. The number of methoxy groups -OCH3 is 2. The number of phenolic OH excluding ortho intramolecular Hbond substituents is 1. The van der Waals surface area contributed by atoms with Crippen LogP contribution in [0.25, 0.3) is 0 Å². The number of nitrogens with one attached hydrogen (secondary N) is 1. The van der Waals surface area contributed by atoms with Gasteiger partial charge in [-0.2, -0.15) is 0 Å². The molecule has 1 heterocycles. The summed E-state index contributed by atoms with van der Waals surface area (Å²) in [6, 6.07) is 8.10. The Bertz CT molecular complexity index is 1070. The number of anilines is 2. The minimum atomic E-state index is -4.18. The minimum absolute atomic E-state index is 0.0695. The fourth-order valence-corrected chi connectivity index (χ4v) is 4.29. The summed E-state index contributed by atoms with van der Waals surface area (Å²) >= 11 is 0. The van der Waals surface area contributed by atoms with Gasteiger partial charge in [0.1, 0.15) is 16.4 Å². The number of sulfonamides is 1. The van der Waals surface area contributed by atoms with Crippen LogP contribution in [-0.2, 0) is 19.6 Å². The van der Waals surface area contributed by atoms with Gasteiger partial charge in [0.15, 0.2) is 0 Å². The normalized spacial score (nSPS) is 14.0. The van der Waals surface area contributed by atoms with Crippen molar-refractivity contribution in [1.29, 1.82) is 0 Å². The molecule has 1 aliphatic heterocycles. The Labute approximate surface area is 167 Å². The van der Waals surface area contributed by atoms with E-state index in [0.717, 1.165) is 6.07 Å². The highest BCUT2D eigenvalue weighted by molar-refractivity contribution is 7.92. The van der Waals surface area contributed by atoms with Gasteiger partial charge in [-0.3, -0.25) is 9.52 Å². The maximum absolute atomic E-state index is 13.0. The van der Waals surface area contributed by atoms with Crippen LogP contribution < -0.4 is 14.4 Å². The van der Waals surface area contributed by atoms with E-state index >= 15 is 0 Å². The van der Waals surface area contributed by atoms with Crippen LogP contribution >= 0.6 is 0 Å². The molecule has 2 N–H and O–H groups in total. The number of phenols is 1. The van der Waals surface area contributed by atoms with Crippen molar-refractivity contribution in [3.8, 4) is 11.5 Å². The molecular weight excluding hydrogens is 400 g/mol. The van der Waals surface area contributed by atoms with Crippen LogP contribution in [-0.4, -0.2) is 46.2 Å². The molecule has 2 aromatic rings. The summed E-state index contributed by atoms with van der Waals surface area (Å²) in [7, 11) is -1.65. The second kappa shape index (κ2) is 8.00. The first kappa shape index (κ1) is 20.5. The van der Waals surface area contributed by atoms with Crippen LogP contribution in [0.15, 0.2) is 41.3 Å². The lowest BCUT2D eigenvalue weighted by molar-refractivity contribution is -0.117. The first-order valence-electron chi connectivity index (χ1n) is 8.69. The van der Waals surface area contributed by atoms with E-state index in [9.17, 15) is 23.1 Å². The average molecular weight is 420 g/mol. The third kappa shape index (κ3) is 4.11. The molecule has 3 rings (SSSR count).